The van der Waals surface area contributed by atoms with Gasteiger partial charge in [0.1, 0.15) is 5.82 Å². The summed E-state index contributed by atoms with van der Waals surface area (Å²) in [5.41, 5.74) is 4.23. The number of nitrogens with zero attached hydrogens (tertiary/aromatic N) is 3. The van der Waals surface area contributed by atoms with Crippen LogP contribution in [0, 0.1) is 0 Å². The van der Waals surface area contributed by atoms with Crippen LogP contribution in [0.5, 0.6) is 0 Å². The highest BCUT2D eigenvalue weighted by Gasteiger charge is 2.17. The molecule has 0 radical (unpaired) electrons. The van der Waals surface area contributed by atoms with Crippen molar-refractivity contribution in [2.75, 3.05) is 18.9 Å². The van der Waals surface area contributed by atoms with E-state index in [0.717, 1.165) is 53.3 Å². The van der Waals surface area contributed by atoms with Crippen molar-refractivity contribution in [1.82, 2.24) is 20.3 Å². The summed E-state index contributed by atoms with van der Waals surface area (Å²) in [6.45, 7) is 1.77. The summed E-state index contributed by atoms with van der Waals surface area (Å²) in [5, 5.41) is 7.67. The summed E-state index contributed by atoms with van der Waals surface area (Å²) in [6, 6.07) is 10.2. The van der Waals surface area contributed by atoms with Gasteiger partial charge >= 0.3 is 0 Å². The van der Waals surface area contributed by atoms with Crippen LogP contribution in [0.1, 0.15) is 11.3 Å². The first kappa shape index (κ1) is 13.2. The summed E-state index contributed by atoms with van der Waals surface area (Å²) >= 11 is 0. The number of nitrogens with one attached hydrogen (secondary N) is 2. The SMILES string of the molecule is CNc1nc(-c2cnc3ccccc3c2)nc2c1CCNC2. The smallest absolute Gasteiger partial charge is 0.163 e. The second-order valence-electron chi connectivity index (χ2n) is 5.41. The molecule has 2 N–H and O–H groups in total. The van der Waals surface area contributed by atoms with Crippen LogP contribution in [-0.2, 0) is 13.0 Å². The number of rotatable bonds is 2. The molecular weight excluding hydrogens is 274 g/mol. The van der Waals surface area contributed by atoms with Crippen LogP contribution in [0.15, 0.2) is 36.5 Å². The minimum atomic E-state index is 0.727. The van der Waals surface area contributed by atoms with Gasteiger partial charge in [-0.25, -0.2) is 9.97 Å². The van der Waals surface area contributed by atoms with Crippen molar-refractivity contribution >= 4 is 16.7 Å². The summed E-state index contributed by atoms with van der Waals surface area (Å²) in [6.07, 6.45) is 2.81. The Balaban J connectivity index is 1.86. The molecule has 1 aromatic carbocycles. The lowest BCUT2D eigenvalue weighted by Crippen LogP contribution is -2.26. The highest BCUT2D eigenvalue weighted by atomic mass is 15.0. The van der Waals surface area contributed by atoms with E-state index in [4.69, 9.17) is 9.97 Å². The van der Waals surface area contributed by atoms with Crippen molar-refractivity contribution in [3.8, 4) is 11.4 Å². The van der Waals surface area contributed by atoms with Gasteiger partial charge in [-0.05, 0) is 25.1 Å². The van der Waals surface area contributed by atoms with Gasteiger partial charge in [0.25, 0.3) is 0 Å². The molecule has 110 valence electrons. The first-order chi connectivity index (χ1) is 10.8. The van der Waals surface area contributed by atoms with E-state index < -0.39 is 0 Å². The van der Waals surface area contributed by atoms with E-state index in [9.17, 15) is 0 Å². The fourth-order valence-electron chi connectivity index (χ4n) is 2.89. The Morgan fingerprint density at radius 2 is 2.09 bits per heavy atom. The Bertz CT molecular complexity index is 826. The van der Waals surface area contributed by atoms with Crippen LogP contribution in [0.25, 0.3) is 22.3 Å². The van der Waals surface area contributed by atoms with Crippen molar-refractivity contribution in [2.45, 2.75) is 13.0 Å². The van der Waals surface area contributed by atoms with Crippen LogP contribution in [0.3, 0.4) is 0 Å². The fourth-order valence-corrected chi connectivity index (χ4v) is 2.89. The molecule has 0 saturated heterocycles. The Hall–Kier alpha value is -2.53. The molecule has 0 fully saturated rings. The first-order valence-corrected chi connectivity index (χ1v) is 7.48. The molecule has 0 atom stereocenters. The summed E-state index contributed by atoms with van der Waals surface area (Å²) in [7, 11) is 1.91. The first-order valence-electron chi connectivity index (χ1n) is 7.48. The van der Waals surface area contributed by atoms with Crippen molar-refractivity contribution < 1.29 is 0 Å². The van der Waals surface area contributed by atoms with Crippen LogP contribution in [0.4, 0.5) is 5.82 Å². The van der Waals surface area contributed by atoms with Gasteiger partial charge in [0.2, 0.25) is 0 Å². The second-order valence-corrected chi connectivity index (χ2v) is 5.41. The average molecular weight is 291 g/mol. The van der Waals surface area contributed by atoms with Gasteiger partial charge in [0, 0.05) is 36.3 Å². The topological polar surface area (TPSA) is 62.7 Å². The van der Waals surface area contributed by atoms with E-state index in [2.05, 4.69) is 27.8 Å². The third kappa shape index (κ3) is 2.19. The number of pyridine rings is 1. The van der Waals surface area contributed by atoms with Crippen molar-refractivity contribution in [3.63, 3.8) is 0 Å². The minimum absolute atomic E-state index is 0.727. The number of anilines is 1. The van der Waals surface area contributed by atoms with Gasteiger partial charge in [-0.2, -0.15) is 0 Å². The van der Waals surface area contributed by atoms with Crippen LogP contribution < -0.4 is 10.6 Å². The van der Waals surface area contributed by atoms with Gasteiger partial charge in [-0.1, -0.05) is 18.2 Å². The van der Waals surface area contributed by atoms with E-state index >= 15 is 0 Å². The molecule has 1 aliphatic heterocycles. The Morgan fingerprint density at radius 3 is 3.00 bits per heavy atom. The van der Waals surface area contributed by atoms with E-state index in [1.54, 1.807) is 0 Å². The fraction of sp³-hybridized carbons (Fsp3) is 0.235. The van der Waals surface area contributed by atoms with Gasteiger partial charge in [0.15, 0.2) is 5.82 Å². The van der Waals surface area contributed by atoms with Gasteiger partial charge in [-0.15, -0.1) is 0 Å². The lowest BCUT2D eigenvalue weighted by Gasteiger charge is -2.19. The molecule has 0 aliphatic carbocycles. The molecule has 0 saturated carbocycles. The van der Waals surface area contributed by atoms with Crippen molar-refractivity contribution in [2.24, 2.45) is 0 Å². The zero-order chi connectivity index (χ0) is 14.9. The van der Waals surface area contributed by atoms with Gasteiger partial charge < -0.3 is 10.6 Å². The molecule has 0 spiro atoms. The monoisotopic (exact) mass is 291 g/mol. The Morgan fingerprint density at radius 1 is 1.18 bits per heavy atom. The van der Waals surface area contributed by atoms with Gasteiger partial charge in [-0.3, -0.25) is 4.98 Å². The highest BCUT2D eigenvalue weighted by molar-refractivity contribution is 5.82. The average Bonchev–Trinajstić information content (AvgIpc) is 2.60. The molecule has 0 amide bonds. The van der Waals surface area contributed by atoms with Gasteiger partial charge in [0.05, 0.1) is 11.2 Å². The molecule has 0 bridgehead atoms. The van der Waals surface area contributed by atoms with E-state index in [1.807, 2.05) is 31.4 Å². The maximum Gasteiger partial charge on any atom is 0.163 e. The van der Waals surface area contributed by atoms with Crippen molar-refractivity contribution in [3.05, 3.63) is 47.8 Å². The molecule has 5 heteroatoms. The van der Waals surface area contributed by atoms with E-state index in [-0.39, 0.29) is 0 Å². The maximum atomic E-state index is 4.75. The van der Waals surface area contributed by atoms with Crippen LogP contribution in [0.2, 0.25) is 0 Å². The predicted octanol–water partition coefficient (Wildman–Crippen LogP) is 2.38. The highest BCUT2D eigenvalue weighted by Crippen LogP contribution is 2.25. The Labute approximate surface area is 128 Å². The molecule has 5 nitrogen and oxygen atoms in total. The summed E-state index contributed by atoms with van der Waals surface area (Å²) in [5.74, 6) is 1.65. The van der Waals surface area contributed by atoms with Crippen LogP contribution >= 0.6 is 0 Å². The molecule has 3 heterocycles. The minimum Gasteiger partial charge on any atom is -0.373 e. The lowest BCUT2D eigenvalue weighted by molar-refractivity contribution is 0.625. The predicted molar refractivity (Wildman–Crippen MR) is 87.7 cm³/mol. The zero-order valence-corrected chi connectivity index (χ0v) is 12.4. The number of benzene rings is 1. The largest absolute Gasteiger partial charge is 0.373 e. The molecular formula is C17H17N5. The van der Waals surface area contributed by atoms with Crippen molar-refractivity contribution in [1.29, 1.82) is 0 Å². The second kappa shape index (κ2) is 5.35. The maximum absolute atomic E-state index is 4.75. The normalized spacial score (nSPS) is 13.9. The molecule has 3 aromatic rings. The van der Waals surface area contributed by atoms with E-state index in [0.29, 0.717) is 0 Å². The number of hydrogen-bond acceptors (Lipinski definition) is 5. The van der Waals surface area contributed by atoms with E-state index in [1.165, 1.54) is 5.56 Å². The molecule has 22 heavy (non-hydrogen) atoms. The third-order valence-corrected chi connectivity index (χ3v) is 4.02. The third-order valence-electron chi connectivity index (χ3n) is 4.02. The number of hydrogen-bond donors (Lipinski definition) is 2. The standard InChI is InChI=1S/C17H17N5/c1-18-17-13-6-7-19-10-15(13)21-16(22-17)12-8-11-4-2-3-5-14(11)20-9-12/h2-5,8-9,19H,6-7,10H2,1H3,(H,18,21,22). The molecule has 0 unspecified atom stereocenters. The number of fused-ring (bicyclic) bond motifs is 2. The molecule has 4 rings (SSSR count). The summed E-state index contributed by atoms with van der Waals surface area (Å²) < 4.78 is 0. The molecule has 2 aromatic heterocycles. The zero-order valence-electron chi connectivity index (χ0n) is 12.4. The quantitative estimate of drug-likeness (QED) is 0.759. The Kier molecular flexibility index (Phi) is 3.20. The van der Waals surface area contributed by atoms with Crippen LogP contribution in [-0.4, -0.2) is 28.5 Å². The summed E-state index contributed by atoms with van der Waals surface area (Å²) in [4.78, 5) is 13.9. The molecule has 1 aliphatic rings. The number of para-hydroxylation sites is 1. The lowest BCUT2D eigenvalue weighted by atomic mass is 10.1. The number of aromatic nitrogens is 3.